The lowest BCUT2D eigenvalue weighted by Gasteiger charge is -2.23. The lowest BCUT2D eigenvalue weighted by atomic mass is 9.96. The van der Waals surface area contributed by atoms with Crippen LogP contribution >= 0.6 is 0 Å². The monoisotopic (exact) mass is 275 g/mol. The van der Waals surface area contributed by atoms with Crippen LogP contribution in [0.1, 0.15) is 37.7 Å². The van der Waals surface area contributed by atoms with Gasteiger partial charge in [0.2, 0.25) is 0 Å². The zero-order valence-corrected chi connectivity index (χ0v) is 12.7. The first kappa shape index (κ1) is 14.7. The van der Waals surface area contributed by atoms with E-state index in [2.05, 4.69) is 22.5 Å². The van der Waals surface area contributed by atoms with Gasteiger partial charge in [0.1, 0.15) is 0 Å². The number of benzene rings is 1. The second kappa shape index (κ2) is 6.64. The molecule has 20 heavy (non-hydrogen) atoms. The summed E-state index contributed by atoms with van der Waals surface area (Å²) in [6.45, 7) is 2.07. The van der Waals surface area contributed by atoms with Crippen LogP contribution in [0, 0.1) is 6.92 Å². The molecule has 0 saturated heterocycles. The first-order valence-electron chi connectivity index (χ1n) is 7.42. The fourth-order valence-corrected chi connectivity index (χ4v) is 2.77. The summed E-state index contributed by atoms with van der Waals surface area (Å²) in [5.74, 6) is 0. The van der Waals surface area contributed by atoms with Crippen LogP contribution in [0.25, 0.3) is 0 Å². The van der Waals surface area contributed by atoms with Crippen LogP contribution in [0.15, 0.2) is 18.2 Å². The Hall–Kier alpha value is -1.71. The maximum Gasteiger partial charge on any atom is 0.319 e. The molecule has 1 aliphatic carbocycles. The molecule has 1 fully saturated rings. The lowest BCUT2D eigenvalue weighted by Crippen LogP contribution is -2.39. The fraction of sp³-hybridized carbons (Fsp3) is 0.562. The van der Waals surface area contributed by atoms with Gasteiger partial charge in [0.25, 0.3) is 0 Å². The van der Waals surface area contributed by atoms with E-state index in [1.165, 1.54) is 24.8 Å². The van der Waals surface area contributed by atoms with Crippen molar-refractivity contribution in [2.75, 3.05) is 24.3 Å². The summed E-state index contributed by atoms with van der Waals surface area (Å²) in [7, 11) is 4.02. The van der Waals surface area contributed by atoms with Gasteiger partial charge < -0.3 is 15.5 Å². The highest BCUT2D eigenvalue weighted by atomic mass is 16.2. The number of hydrogen-bond acceptors (Lipinski definition) is 2. The topological polar surface area (TPSA) is 44.4 Å². The molecule has 1 aromatic carbocycles. The Morgan fingerprint density at radius 3 is 2.55 bits per heavy atom. The van der Waals surface area contributed by atoms with Crippen molar-refractivity contribution in [2.24, 2.45) is 0 Å². The van der Waals surface area contributed by atoms with Crippen LogP contribution < -0.4 is 15.5 Å². The predicted molar refractivity (Wildman–Crippen MR) is 84.5 cm³/mol. The third-order valence-corrected chi connectivity index (χ3v) is 3.89. The number of anilines is 2. The quantitative estimate of drug-likeness (QED) is 0.886. The molecule has 0 bridgehead atoms. The summed E-state index contributed by atoms with van der Waals surface area (Å²) >= 11 is 0. The van der Waals surface area contributed by atoms with Gasteiger partial charge in [-0.25, -0.2) is 4.79 Å². The molecule has 0 aromatic heterocycles. The van der Waals surface area contributed by atoms with Gasteiger partial charge in [-0.3, -0.25) is 0 Å². The van der Waals surface area contributed by atoms with E-state index in [0.717, 1.165) is 24.2 Å². The normalized spacial score (nSPS) is 15.8. The highest BCUT2D eigenvalue weighted by Gasteiger charge is 2.15. The second-order valence-corrected chi connectivity index (χ2v) is 5.83. The Morgan fingerprint density at radius 2 is 1.90 bits per heavy atom. The minimum atomic E-state index is -0.0922. The van der Waals surface area contributed by atoms with Crippen LogP contribution in [-0.2, 0) is 0 Å². The first-order chi connectivity index (χ1) is 9.56. The molecule has 1 aromatic rings. The van der Waals surface area contributed by atoms with Crippen molar-refractivity contribution in [3.05, 3.63) is 23.8 Å². The van der Waals surface area contributed by atoms with Gasteiger partial charge in [0.15, 0.2) is 0 Å². The molecule has 0 spiro atoms. The second-order valence-electron chi connectivity index (χ2n) is 5.83. The number of rotatable bonds is 3. The Bertz CT molecular complexity index is 465. The molecule has 2 amide bonds. The van der Waals surface area contributed by atoms with Crippen molar-refractivity contribution in [1.29, 1.82) is 0 Å². The SMILES string of the molecule is Cc1ccc(NC(=O)NC2CCCCC2)cc1N(C)C. The highest BCUT2D eigenvalue weighted by molar-refractivity contribution is 5.90. The van der Waals surface area contributed by atoms with Crippen molar-refractivity contribution in [1.82, 2.24) is 5.32 Å². The molecule has 0 heterocycles. The van der Waals surface area contributed by atoms with Crippen LogP contribution in [0.5, 0.6) is 0 Å². The Morgan fingerprint density at radius 1 is 1.20 bits per heavy atom. The molecule has 1 aliphatic rings. The number of aryl methyl sites for hydroxylation is 1. The molecule has 0 radical (unpaired) electrons. The molecule has 0 unspecified atom stereocenters. The van der Waals surface area contributed by atoms with E-state index in [1.807, 2.05) is 32.3 Å². The number of hydrogen-bond donors (Lipinski definition) is 2. The predicted octanol–water partition coefficient (Wildman–Crippen LogP) is 3.52. The molecule has 2 N–H and O–H groups in total. The third kappa shape index (κ3) is 3.89. The van der Waals surface area contributed by atoms with Crippen molar-refractivity contribution < 1.29 is 4.79 Å². The number of carbonyl (C=O) groups is 1. The van der Waals surface area contributed by atoms with Gasteiger partial charge >= 0.3 is 6.03 Å². The van der Waals surface area contributed by atoms with Crippen molar-refractivity contribution in [3.63, 3.8) is 0 Å². The van der Waals surface area contributed by atoms with Gasteiger partial charge in [-0.15, -0.1) is 0 Å². The minimum absolute atomic E-state index is 0.0922. The van der Waals surface area contributed by atoms with E-state index in [1.54, 1.807) is 0 Å². The number of urea groups is 1. The number of amides is 2. The third-order valence-electron chi connectivity index (χ3n) is 3.89. The molecule has 110 valence electrons. The zero-order valence-electron chi connectivity index (χ0n) is 12.7. The van der Waals surface area contributed by atoms with Crippen LogP contribution in [0.2, 0.25) is 0 Å². The Balaban J connectivity index is 1.95. The van der Waals surface area contributed by atoms with E-state index in [-0.39, 0.29) is 6.03 Å². The standard InChI is InChI=1S/C16H25N3O/c1-12-9-10-14(11-15(12)19(2)3)18-16(20)17-13-7-5-4-6-8-13/h9-11,13H,4-8H2,1-3H3,(H2,17,18,20). The van der Waals surface area contributed by atoms with Crippen LogP contribution in [-0.4, -0.2) is 26.2 Å². The molecule has 0 aliphatic heterocycles. The van der Waals surface area contributed by atoms with E-state index in [0.29, 0.717) is 6.04 Å². The molecule has 4 nitrogen and oxygen atoms in total. The summed E-state index contributed by atoms with van der Waals surface area (Å²) in [5.41, 5.74) is 3.17. The lowest BCUT2D eigenvalue weighted by molar-refractivity contribution is 0.244. The first-order valence-corrected chi connectivity index (χ1v) is 7.42. The smallest absolute Gasteiger partial charge is 0.319 e. The molecule has 2 rings (SSSR count). The fourth-order valence-electron chi connectivity index (χ4n) is 2.77. The van der Waals surface area contributed by atoms with E-state index < -0.39 is 0 Å². The van der Waals surface area contributed by atoms with Gasteiger partial charge in [0, 0.05) is 31.5 Å². The van der Waals surface area contributed by atoms with E-state index in [4.69, 9.17) is 0 Å². The number of nitrogens with zero attached hydrogens (tertiary/aromatic N) is 1. The average Bonchev–Trinajstić information content (AvgIpc) is 2.41. The molecular weight excluding hydrogens is 250 g/mol. The van der Waals surface area contributed by atoms with Gasteiger partial charge in [-0.1, -0.05) is 25.3 Å². The summed E-state index contributed by atoms with van der Waals surface area (Å²) in [4.78, 5) is 14.1. The summed E-state index contributed by atoms with van der Waals surface area (Å²) in [5, 5.41) is 6.00. The molecule has 1 saturated carbocycles. The zero-order chi connectivity index (χ0) is 14.5. The molecular formula is C16H25N3O. The van der Waals surface area contributed by atoms with Gasteiger partial charge in [-0.05, 0) is 37.5 Å². The van der Waals surface area contributed by atoms with E-state index >= 15 is 0 Å². The summed E-state index contributed by atoms with van der Waals surface area (Å²) in [6.07, 6.45) is 5.94. The van der Waals surface area contributed by atoms with Gasteiger partial charge in [0.05, 0.1) is 0 Å². The summed E-state index contributed by atoms with van der Waals surface area (Å²) in [6, 6.07) is 6.23. The molecule has 0 atom stereocenters. The van der Waals surface area contributed by atoms with Crippen LogP contribution in [0.4, 0.5) is 16.2 Å². The highest BCUT2D eigenvalue weighted by Crippen LogP contribution is 2.22. The largest absolute Gasteiger partial charge is 0.377 e. The number of nitrogens with one attached hydrogen (secondary N) is 2. The summed E-state index contributed by atoms with van der Waals surface area (Å²) < 4.78 is 0. The van der Waals surface area contributed by atoms with Crippen molar-refractivity contribution >= 4 is 17.4 Å². The molecule has 4 heteroatoms. The Kier molecular flexibility index (Phi) is 4.88. The van der Waals surface area contributed by atoms with Crippen LogP contribution in [0.3, 0.4) is 0 Å². The van der Waals surface area contributed by atoms with Crippen molar-refractivity contribution in [3.8, 4) is 0 Å². The van der Waals surface area contributed by atoms with Gasteiger partial charge in [-0.2, -0.15) is 0 Å². The Labute approximate surface area is 121 Å². The maximum absolute atomic E-state index is 12.0. The minimum Gasteiger partial charge on any atom is -0.377 e. The van der Waals surface area contributed by atoms with E-state index in [9.17, 15) is 4.79 Å². The average molecular weight is 275 g/mol. The number of carbonyl (C=O) groups excluding carboxylic acids is 1. The maximum atomic E-state index is 12.0. The van der Waals surface area contributed by atoms with Crippen molar-refractivity contribution in [2.45, 2.75) is 45.1 Å².